The Balaban J connectivity index is 2.08. The molecular formula is C13H18N2O. The number of pyridine rings is 1. The lowest BCUT2D eigenvalue weighted by molar-refractivity contribution is 0.0727. The Kier molecular flexibility index (Phi) is 2.95. The molecule has 2 rings (SSSR count). The number of rotatable bonds is 3. The Morgan fingerprint density at radius 1 is 1.50 bits per heavy atom. The summed E-state index contributed by atoms with van der Waals surface area (Å²) in [5.74, 6) is 0.777. The summed E-state index contributed by atoms with van der Waals surface area (Å²) in [4.78, 5) is 18.1. The standard InChI is InChI=1S/C13H18N2O/c1-9-4-5-12(8-14-9)13(16)15(3)10(2)11-6-7-11/h4-5,8,10-11H,6-7H2,1-3H3. The molecule has 1 saturated carbocycles. The first kappa shape index (κ1) is 11.1. The van der Waals surface area contributed by atoms with Crippen molar-refractivity contribution in [2.45, 2.75) is 32.7 Å². The van der Waals surface area contributed by atoms with Gasteiger partial charge >= 0.3 is 0 Å². The predicted molar refractivity (Wildman–Crippen MR) is 63.3 cm³/mol. The fourth-order valence-corrected chi connectivity index (χ4v) is 1.88. The minimum atomic E-state index is 0.0758. The number of carbonyl (C=O) groups is 1. The quantitative estimate of drug-likeness (QED) is 0.779. The zero-order chi connectivity index (χ0) is 11.7. The molecular weight excluding hydrogens is 200 g/mol. The Morgan fingerprint density at radius 3 is 2.69 bits per heavy atom. The van der Waals surface area contributed by atoms with Gasteiger partial charge in [0, 0.05) is 25.0 Å². The lowest BCUT2D eigenvalue weighted by Gasteiger charge is -2.24. The van der Waals surface area contributed by atoms with Crippen molar-refractivity contribution in [2.24, 2.45) is 5.92 Å². The number of aryl methyl sites for hydroxylation is 1. The van der Waals surface area contributed by atoms with E-state index in [2.05, 4.69) is 11.9 Å². The van der Waals surface area contributed by atoms with E-state index in [0.717, 1.165) is 5.69 Å². The average molecular weight is 218 g/mol. The third kappa shape index (κ3) is 2.23. The SMILES string of the molecule is Cc1ccc(C(=O)N(C)C(C)C2CC2)cn1. The average Bonchev–Trinajstić information content (AvgIpc) is 3.11. The number of amides is 1. The Morgan fingerprint density at radius 2 is 2.19 bits per heavy atom. The van der Waals surface area contributed by atoms with Crippen LogP contribution in [-0.4, -0.2) is 28.9 Å². The maximum absolute atomic E-state index is 12.1. The van der Waals surface area contributed by atoms with E-state index in [0.29, 0.717) is 17.5 Å². The Bertz CT molecular complexity index is 381. The second-order valence-electron chi connectivity index (χ2n) is 4.68. The number of hydrogen-bond acceptors (Lipinski definition) is 2. The van der Waals surface area contributed by atoms with Crippen LogP contribution in [0.1, 0.15) is 35.8 Å². The summed E-state index contributed by atoms with van der Waals surface area (Å²) in [6.07, 6.45) is 4.17. The van der Waals surface area contributed by atoms with E-state index in [4.69, 9.17) is 0 Å². The maximum Gasteiger partial charge on any atom is 0.255 e. The predicted octanol–water partition coefficient (Wildman–Crippen LogP) is 2.26. The molecule has 1 atom stereocenters. The molecule has 0 N–H and O–H groups in total. The molecule has 1 heterocycles. The van der Waals surface area contributed by atoms with Crippen LogP contribution in [0.5, 0.6) is 0 Å². The van der Waals surface area contributed by atoms with Gasteiger partial charge in [-0.25, -0.2) is 0 Å². The van der Waals surface area contributed by atoms with Crippen molar-refractivity contribution >= 4 is 5.91 Å². The van der Waals surface area contributed by atoms with Crippen molar-refractivity contribution in [3.8, 4) is 0 Å². The minimum Gasteiger partial charge on any atom is -0.339 e. The van der Waals surface area contributed by atoms with Crippen LogP contribution in [-0.2, 0) is 0 Å². The van der Waals surface area contributed by atoms with Gasteiger partial charge in [0.25, 0.3) is 5.91 Å². The summed E-state index contributed by atoms with van der Waals surface area (Å²) in [6.45, 7) is 4.04. The zero-order valence-corrected chi connectivity index (χ0v) is 10.1. The smallest absolute Gasteiger partial charge is 0.255 e. The zero-order valence-electron chi connectivity index (χ0n) is 10.1. The van der Waals surface area contributed by atoms with E-state index in [-0.39, 0.29) is 5.91 Å². The largest absolute Gasteiger partial charge is 0.339 e. The molecule has 1 aromatic rings. The van der Waals surface area contributed by atoms with E-state index < -0.39 is 0 Å². The summed E-state index contributed by atoms with van der Waals surface area (Å²) in [7, 11) is 1.88. The number of hydrogen-bond donors (Lipinski definition) is 0. The minimum absolute atomic E-state index is 0.0758. The maximum atomic E-state index is 12.1. The van der Waals surface area contributed by atoms with Crippen molar-refractivity contribution in [3.05, 3.63) is 29.6 Å². The highest BCUT2D eigenvalue weighted by Gasteiger charge is 2.32. The highest BCUT2D eigenvalue weighted by atomic mass is 16.2. The molecule has 1 aromatic heterocycles. The molecule has 0 aliphatic heterocycles. The first-order valence-electron chi connectivity index (χ1n) is 5.79. The molecule has 3 heteroatoms. The molecule has 16 heavy (non-hydrogen) atoms. The molecule has 1 aliphatic carbocycles. The normalized spacial score (nSPS) is 16.9. The van der Waals surface area contributed by atoms with Crippen LogP contribution in [0.25, 0.3) is 0 Å². The molecule has 1 fully saturated rings. The van der Waals surface area contributed by atoms with Gasteiger partial charge in [0.05, 0.1) is 5.56 Å². The van der Waals surface area contributed by atoms with Crippen LogP contribution in [0.2, 0.25) is 0 Å². The van der Waals surface area contributed by atoms with Crippen molar-refractivity contribution in [1.29, 1.82) is 0 Å². The van der Waals surface area contributed by atoms with Crippen molar-refractivity contribution in [2.75, 3.05) is 7.05 Å². The fourth-order valence-electron chi connectivity index (χ4n) is 1.88. The molecule has 0 radical (unpaired) electrons. The first-order chi connectivity index (χ1) is 7.59. The Hall–Kier alpha value is -1.38. The Labute approximate surface area is 96.5 Å². The van der Waals surface area contributed by atoms with Gasteiger partial charge in [-0.15, -0.1) is 0 Å². The number of nitrogens with zero attached hydrogens (tertiary/aromatic N) is 2. The molecule has 86 valence electrons. The molecule has 1 amide bonds. The van der Waals surface area contributed by atoms with Gasteiger partial charge < -0.3 is 4.90 Å². The van der Waals surface area contributed by atoms with Crippen LogP contribution >= 0.6 is 0 Å². The first-order valence-corrected chi connectivity index (χ1v) is 5.79. The van der Waals surface area contributed by atoms with E-state index >= 15 is 0 Å². The monoisotopic (exact) mass is 218 g/mol. The molecule has 0 saturated heterocycles. The van der Waals surface area contributed by atoms with E-state index in [1.807, 2.05) is 31.0 Å². The molecule has 0 spiro atoms. The van der Waals surface area contributed by atoms with Crippen molar-refractivity contribution < 1.29 is 4.79 Å². The lowest BCUT2D eigenvalue weighted by atomic mass is 10.1. The van der Waals surface area contributed by atoms with Gasteiger partial charge in [-0.3, -0.25) is 9.78 Å². The second kappa shape index (κ2) is 4.24. The fraction of sp³-hybridized carbons (Fsp3) is 0.538. The summed E-state index contributed by atoms with van der Waals surface area (Å²) >= 11 is 0. The third-order valence-electron chi connectivity index (χ3n) is 3.39. The van der Waals surface area contributed by atoms with Crippen LogP contribution in [0, 0.1) is 12.8 Å². The lowest BCUT2D eigenvalue weighted by Crippen LogP contribution is -2.36. The van der Waals surface area contributed by atoms with E-state index in [1.165, 1.54) is 12.8 Å². The summed E-state index contributed by atoms with van der Waals surface area (Å²) in [5.41, 5.74) is 1.62. The molecule has 0 aromatic carbocycles. The van der Waals surface area contributed by atoms with E-state index in [9.17, 15) is 4.79 Å². The van der Waals surface area contributed by atoms with Gasteiger partial charge in [-0.05, 0) is 44.7 Å². The van der Waals surface area contributed by atoms with Crippen LogP contribution in [0.15, 0.2) is 18.3 Å². The summed E-state index contributed by atoms with van der Waals surface area (Å²) in [6, 6.07) is 4.07. The van der Waals surface area contributed by atoms with Crippen LogP contribution in [0.4, 0.5) is 0 Å². The molecule has 1 aliphatic rings. The number of aromatic nitrogens is 1. The summed E-state index contributed by atoms with van der Waals surface area (Å²) in [5, 5.41) is 0. The van der Waals surface area contributed by atoms with Gasteiger partial charge in [0.15, 0.2) is 0 Å². The van der Waals surface area contributed by atoms with Crippen LogP contribution < -0.4 is 0 Å². The summed E-state index contributed by atoms with van der Waals surface area (Å²) < 4.78 is 0. The van der Waals surface area contributed by atoms with Crippen molar-refractivity contribution in [3.63, 3.8) is 0 Å². The number of carbonyl (C=O) groups excluding carboxylic acids is 1. The highest BCUT2D eigenvalue weighted by molar-refractivity contribution is 5.93. The molecule has 1 unspecified atom stereocenters. The topological polar surface area (TPSA) is 33.2 Å². The van der Waals surface area contributed by atoms with Gasteiger partial charge in [0.1, 0.15) is 0 Å². The van der Waals surface area contributed by atoms with E-state index in [1.54, 1.807) is 6.20 Å². The molecule has 3 nitrogen and oxygen atoms in total. The van der Waals surface area contributed by atoms with Gasteiger partial charge in [0.2, 0.25) is 0 Å². The molecule has 0 bridgehead atoms. The second-order valence-corrected chi connectivity index (χ2v) is 4.68. The third-order valence-corrected chi connectivity index (χ3v) is 3.39. The van der Waals surface area contributed by atoms with Gasteiger partial charge in [-0.2, -0.15) is 0 Å². The van der Waals surface area contributed by atoms with Crippen LogP contribution in [0.3, 0.4) is 0 Å². The van der Waals surface area contributed by atoms with Gasteiger partial charge in [-0.1, -0.05) is 0 Å². The highest BCUT2D eigenvalue weighted by Crippen LogP contribution is 2.34. The van der Waals surface area contributed by atoms with Crippen molar-refractivity contribution in [1.82, 2.24) is 9.88 Å².